The monoisotopic (exact) mass is 215 g/mol. The van der Waals surface area contributed by atoms with Crippen LogP contribution >= 0.6 is 0 Å². The third-order valence-electron chi connectivity index (χ3n) is 2.56. The first-order valence-electron chi connectivity index (χ1n) is 5.45. The number of carbonyl (C=O) groups excluding carboxylic acids is 1. The second kappa shape index (κ2) is 4.39. The molecule has 1 saturated carbocycles. The lowest BCUT2D eigenvalue weighted by atomic mass is 9.79. The van der Waals surface area contributed by atoms with E-state index >= 15 is 0 Å². The minimum absolute atomic E-state index is 0.0213. The Hall–Kier alpha value is -0.770. The molecule has 0 aliphatic heterocycles. The van der Waals surface area contributed by atoms with E-state index in [1.54, 1.807) is 6.92 Å². The standard InChI is InChI=1S/C11H21NO3/c1-7(13)8-5-9(6-8)15-10(14)12-11(2,3)4/h7-9,13H,5-6H2,1-4H3,(H,12,14)/t7-,8?,9?/m0/s1. The highest BCUT2D eigenvalue weighted by Gasteiger charge is 2.35. The molecule has 0 heterocycles. The molecule has 1 fully saturated rings. The molecule has 4 heteroatoms. The highest BCUT2D eigenvalue weighted by molar-refractivity contribution is 5.68. The largest absolute Gasteiger partial charge is 0.446 e. The fourth-order valence-electron chi connectivity index (χ4n) is 1.58. The number of hydrogen-bond donors (Lipinski definition) is 2. The highest BCUT2D eigenvalue weighted by Crippen LogP contribution is 2.32. The lowest BCUT2D eigenvalue weighted by Crippen LogP contribution is -2.45. The average Bonchev–Trinajstić information content (AvgIpc) is 1.91. The van der Waals surface area contributed by atoms with Crippen molar-refractivity contribution in [1.29, 1.82) is 0 Å². The van der Waals surface area contributed by atoms with E-state index in [0.717, 1.165) is 12.8 Å². The van der Waals surface area contributed by atoms with E-state index in [9.17, 15) is 9.90 Å². The lowest BCUT2D eigenvalue weighted by Gasteiger charge is -2.36. The normalized spacial score (nSPS) is 27.8. The zero-order valence-corrected chi connectivity index (χ0v) is 9.91. The van der Waals surface area contributed by atoms with E-state index in [-0.39, 0.29) is 29.8 Å². The van der Waals surface area contributed by atoms with Gasteiger partial charge in [-0.25, -0.2) is 4.79 Å². The molecule has 88 valence electrons. The SMILES string of the molecule is C[C@H](O)C1CC(OC(=O)NC(C)(C)C)C1. The molecule has 0 unspecified atom stereocenters. The zero-order chi connectivity index (χ0) is 11.6. The summed E-state index contributed by atoms with van der Waals surface area (Å²) in [7, 11) is 0. The summed E-state index contributed by atoms with van der Waals surface area (Å²) in [6.45, 7) is 7.50. The van der Waals surface area contributed by atoms with Crippen LogP contribution in [-0.2, 0) is 4.74 Å². The molecule has 1 amide bonds. The summed E-state index contributed by atoms with van der Waals surface area (Å²) in [5.41, 5.74) is -0.259. The van der Waals surface area contributed by atoms with E-state index in [0.29, 0.717) is 0 Å². The van der Waals surface area contributed by atoms with Gasteiger partial charge in [0, 0.05) is 5.54 Å². The minimum Gasteiger partial charge on any atom is -0.446 e. The molecule has 4 nitrogen and oxygen atoms in total. The Kier molecular flexibility index (Phi) is 3.60. The van der Waals surface area contributed by atoms with Gasteiger partial charge in [-0.05, 0) is 46.5 Å². The Morgan fingerprint density at radius 1 is 1.47 bits per heavy atom. The maximum atomic E-state index is 11.3. The van der Waals surface area contributed by atoms with E-state index in [2.05, 4.69) is 5.32 Å². The van der Waals surface area contributed by atoms with Crippen molar-refractivity contribution in [2.75, 3.05) is 0 Å². The molecule has 0 aromatic rings. The van der Waals surface area contributed by atoms with Crippen LogP contribution in [-0.4, -0.2) is 28.9 Å². The third kappa shape index (κ3) is 4.08. The molecule has 0 saturated heterocycles. The van der Waals surface area contributed by atoms with Crippen molar-refractivity contribution < 1.29 is 14.6 Å². The topological polar surface area (TPSA) is 58.6 Å². The molecule has 0 radical (unpaired) electrons. The average molecular weight is 215 g/mol. The number of alkyl carbamates (subject to hydrolysis) is 1. The highest BCUT2D eigenvalue weighted by atomic mass is 16.6. The minimum atomic E-state index is -0.364. The Morgan fingerprint density at radius 3 is 2.40 bits per heavy atom. The van der Waals surface area contributed by atoms with Crippen LogP contribution in [0.5, 0.6) is 0 Å². The van der Waals surface area contributed by atoms with Crippen LogP contribution in [0.3, 0.4) is 0 Å². The number of aliphatic hydroxyl groups is 1. The summed E-state index contributed by atoms with van der Waals surface area (Å²) in [5, 5.41) is 12.0. The summed E-state index contributed by atoms with van der Waals surface area (Å²) < 4.78 is 5.18. The van der Waals surface area contributed by atoms with Crippen LogP contribution in [0.25, 0.3) is 0 Å². The van der Waals surface area contributed by atoms with Gasteiger partial charge in [-0.2, -0.15) is 0 Å². The van der Waals surface area contributed by atoms with Crippen molar-refractivity contribution in [1.82, 2.24) is 5.32 Å². The van der Waals surface area contributed by atoms with Crippen molar-refractivity contribution >= 4 is 6.09 Å². The van der Waals surface area contributed by atoms with Gasteiger partial charge in [0.1, 0.15) is 6.10 Å². The Bertz CT molecular complexity index is 226. The molecule has 2 N–H and O–H groups in total. The van der Waals surface area contributed by atoms with Gasteiger partial charge in [0.2, 0.25) is 0 Å². The Labute approximate surface area is 91.0 Å². The molecule has 1 aliphatic carbocycles. The van der Waals surface area contributed by atoms with Crippen LogP contribution in [0.15, 0.2) is 0 Å². The van der Waals surface area contributed by atoms with Crippen LogP contribution in [0.4, 0.5) is 4.79 Å². The fraction of sp³-hybridized carbons (Fsp3) is 0.909. The van der Waals surface area contributed by atoms with Gasteiger partial charge < -0.3 is 15.2 Å². The van der Waals surface area contributed by atoms with Crippen LogP contribution < -0.4 is 5.32 Å². The fourth-order valence-corrected chi connectivity index (χ4v) is 1.58. The van der Waals surface area contributed by atoms with Crippen molar-refractivity contribution in [2.45, 2.75) is 58.3 Å². The molecule has 0 aromatic carbocycles. The maximum Gasteiger partial charge on any atom is 0.407 e. The summed E-state index contributed by atoms with van der Waals surface area (Å²) in [4.78, 5) is 11.3. The van der Waals surface area contributed by atoms with E-state index in [4.69, 9.17) is 4.74 Å². The van der Waals surface area contributed by atoms with Crippen molar-refractivity contribution in [3.05, 3.63) is 0 Å². The summed E-state index contributed by atoms with van der Waals surface area (Å²) >= 11 is 0. The molecule has 1 atom stereocenters. The second-order valence-electron chi connectivity index (χ2n) is 5.37. The number of nitrogens with one attached hydrogen (secondary N) is 1. The van der Waals surface area contributed by atoms with Gasteiger partial charge in [0.05, 0.1) is 6.10 Å². The number of aliphatic hydroxyl groups excluding tert-OH is 1. The smallest absolute Gasteiger partial charge is 0.407 e. The number of rotatable bonds is 2. The predicted molar refractivity (Wildman–Crippen MR) is 57.6 cm³/mol. The van der Waals surface area contributed by atoms with E-state index in [1.165, 1.54) is 0 Å². The number of carbonyl (C=O) groups is 1. The van der Waals surface area contributed by atoms with Gasteiger partial charge >= 0.3 is 6.09 Å². The number of amides is 1. The second-order valence-corrected chi connectivity index (χ2v) is 5.37. The third-order valence-corrected chi connectivity index (χ3v) is 2.56. The molecule has 1 rings (SSSR count). The van der Waals surface area contributed by atoms with Crippen molar-refractivity contribution in [2.24, 2.45) is 5.92 Å². The molecule has 15 heavy (non-hydrogen) atoms. The van der Waals surface area contributed by atoms with Crippen molar-refractivity contribution in [3.63, 3.8) is 0 Å². The first-order valence-corrected chi connectivity index (χ1v) is 5.45. The number of ether oxygens (including phenoxy) is 1. The van der Waals surface area contributed by atoms with Crippen molar-refractivity contribution in [3.8, 4) is 0 Å². The lowest BCUT2D eigenvalue weighted by molar-refractivity contribution is -0.0317. The molecular weight excluding hydrogens is 194 g/mol. The first-order chi connectivity index (χ1) is 6.78. The zero-order valence-electron chi connectivity index (χ0n) is 9.91. The van der Waals surface area contributed by atoms with Crippen LogP contribution in [0.1, 0.15) is 40.5 Å². The van der Waals surface area contributed by atoms with E-state index in [1.807, 2.05) is 20.8 Å². The maximum absolute atomic E-state index is 11.3. The summed E-state index contributed by atoms with van der Waals surface area (Å²) in [6.07, 6.45) is 0.865. The molecular formula is C11H21NO3. The molecule has 0 spiro atoms. The quantitative estimate of drug-likeness (QED) is 0.736. The van der Waals surface area contributed by atoms with Gasteiger partial charge in [0.25, 0.3) is 0 Å². The van der Waals surface area contributed by atoms with Gasteiger partial charge in [0.15, 0.2) is 0 Å². The predicted octanol–water partition coefficient (Wildman–Crippen LogP) is 1.67. The molecule has 0 aromatic heterocycles. The summed E-state index contributed by atoms with van der Waals surface area (Å²) in [6, 6.07) is 0. The number of hydrogen-bond acceptors (Lipinski definition) is 3. The Morgan fingerprint density at radius 2 is 2.00 bits per heavy atom. The van der Waals surface area contributed by atoms with Gasteiger partial charge in [-0.1, -0.05) is 0 Å². The van der Waals surface area contributed by atoms with E-state index < -0.39 is 0 Å². The Balaban J connectivity index is 2.19. The first kappa shape index (κ1) is 12.3. The molecule has 1 aliphatic rings. The van der Waals surface area contributed by atoms with Crippen LogP contribution in [0.2, 0.25) is 0 Å². The van der Waals surface area contributed by atoms with Gasteiger partial charge in [-0.3, -0.25) is 0 Å². The summed E-state index contributed by atoms with van der Waals surface area (Å²) in [5.74, 6) is 0.289. The van der Waals surface area contributed by atoms with Crippen LogP contribution in [0, 0.1) is 5.92 Å². The van der Waals surface area contributed by atoms with Gasteiger partial charge in [-0.15, -0.1) is 0 Å². The molecule has 0 bridgehead atoms.